The third-order valence-corrected chi connectivity index (χ3v) is 1.74. The first kappa shape index (κ1) is 9.73. The number of aromatic amines is 1. The van der Waals surface area contributed by atoms with Crippen molar-refractivity contribution in [2.45, 2.75) is 19.4 Å². The minimum absolute atomic E-state index is 0.0327. The molecule has 1 atom stereocenters. The maximum atomic E-state index is 10.9. The summed E-state index contributed by atoms with van der Waals surface area (Å²) in [4.78, 5) is 17.2. The molecule has 0 fully saturated rings. The van der Waals surface area contributed by atoms with E-state index in [1.54, 1.807) is 0 Å². The van der Waals surface area contributed by atoms with Crippen LogP contribution in [0.25, 0.3) is 0 Å². The van der Waals surface area contributed by atoms with E-state index >= 15 is 0 Å². The molecule has 1 heterocycles. The average Bonchev–Trinajstić information content (AvgIpc) is 2.14. The molecule has 1 rings (SSSR count). The van der Waals surface area contributed by atoms with E-state index < -0.39 is 0 Å². The second-order valence-corrected chi connectivity index (χ2v) is 2.73. The Bertz CT molecular complexity index is 306. The molecule has 5 nitrogen and oxygen atoms in total. The van der Waals surface area contributed by atoms with Crippen LogP contribution in [0.2, 0.25) is 0 Å². The molecule has 0 amide bonds. The number of H-pyrrole nitrogens is 1. The summed E-state index contributed by atoms with van der Waals surface area (Å²) in [5, 5.41) is 11.8. The molecule has 0 aliphatic heterocycles. The second kappa shape index (κ2) is 4.61. The first-order valence-corrected chi connectivity index (χ1v) is 4.18. The third-order valence-electron chi connectivity index (χ3n) is 1.74. The predicted molar refractivity (Wildman–Crippen MR) is 49.6 cm³/mol. The fourth-order valence-corrected chi connectivity index (χ4v) is 0.933. The van der Waals surface area contributed by atoms with Crippen molar-refractivity contribution < 1.29 is 5.11 Å². The Morgan fingerprint density at radius 1 is 1.77 bits per heavy atom. The minimum atomic E-state index is -0.203. The molecule has 0 saturated heterocycles. The van der Waals surface area contributed by atoms with Crippen molar-refractivity contribution >= 4 is 5.82 Å². The van der Waals surface area contributed by atoms with E-state index in [1.807, 2.05) is 6.92 Å². The summed E-state index contributed by atoms with van der Waals surface area (Å²) < 4.78 is 0. The molecular formula is C8H13N3O2. The van der Waals surface area contributed by atoms with Gasteiger partial charge in [0, 0.05) is 6.07 Å². The summed E-state index contributed by atoms with van der Waals surface area (Å²) in [6.45, 7) is 1.98. The van der Waals surface area contributed by atoms with E-state index in [-0.39, 0.29) is 18.2 Å². The highest BCUT2D eigenvalue weighted by Gasteiger charge is 2.04. The topological polar surface area (TPSA) is 78.0 Å². The van der Waals surface area contributed by atoms with Gasteiger partial charge in [0.2, 0.25) is 0 Å². The van der Waals surface area contributed by atoms with Crippen molar-refractivity contribution in [1.82, 2.24) is 9.97 Å². The SMILES string of the molecule is CCC(CO)Nc1cc(=O)[nH]cn1. The Morgan fingerprint density at radius 3 is 3.08 bits per heavy atom. The highest BCUT2D eigenvalue weighted by molar-refractivity contribution is 5.32. The summed E-state index contributed by atoms with van der Waals surface area (Å²) >= 11 is 0. The zero-order valence-electron chi connectivity index (χ0n) is 7.45. The summed E-state index contributed by atoms with van der Waals surface area (Å²) in [6, 6.07) is 1.31. The Labute approximate surface area is 75.8 Å². The van der Waals surface area contributed by atoms with Gasteiger partial charge in [-0.1, -0.05) is 6.92 Å². The third kappa shape index (κ3) is 2.87. The van der Waals surface area contributed by atoms with E-state index in [9.17, 15) is 4.79 Å². The maximum Gasteiger partial charge on any atom is 0.252 e. The van der Waals surface area contributed by atoms with Crippen molar-refractivity contribution in [3.8, 4) is 0 Å². The normalized spacial score (nSPS) is 12.5. The molecule has 72 valence electrons. The molecule has 0 saturated carbocycles. The van der Waals surface area contributed by atoms with Gasteiger partial charge >= 0.3 is 0 Å². The number of aliphatic hydroxyl groups is 1. The van der Waals surface area contributed by atoms with E-state index in [0.29, 0.717) is 5.82 Å². The Morgan fingerprint density at radius 2 is 2.54 bits per heavy atom. The number of nitrogens with zero attached hydrogens (tertiary/aromatic N) is 1. The molecule has 0 bridgehead atoms. The van der Waals surface area contributed by atoms with Gasteiger partial charge in [-0.25, -0.2) is 4.98 Å². The van der Waals surface area contributed by atoms with E-state index in [4.69, 9.17) is 5.11 Å². The van der Waals surface area contributed by atoms with Crippen LogP contribution in [0, 0.1) is 0 Å². The van der Waals surface area contributed by atoms with Crippen LogP contribution < -0.4 is 10.9 Å². The van der Waals surface area contributed by atoms with E-state index in [1.165, 1.54) is 12.4 Å². The van der Waals surface area contributed by atoms with E-state index in [0.717, 1.165) is 6.42 Å². The van der Waals surface area contributed by atoms with Gasteiger partial charge in [0.25, 0.3) is 5.56 Å². The first-order chi connectivity index (χ1) is 6.26. The van der Waals surface area contributed by atoms with Crippen LogP contribution in [0.1, 0.15) is 13.3 Å². The van der Waals surface area contributed by atoms with Crippen LogP contribution in [-0.4, -0.2) is 27.7 Å². The molecule has 3 N–H and O–H groups in total. The van der Waals surface area contributed by atoms with Crippen molar-refractivity contribution in [2.75, 3.05) is 11.9 Å². The highest BCUT2D eigenvalue weighted by Crippen LogP contribution is 2.01. The van der Waals surface area contributed by atoms with Crippen LogP contribution in [-0.2, 0) is 0 Å². The monoisotopic (exact) mass is 183 g/mol. The summed E-state index contributed by atoms with van der Waals surface area (Å²) in [7, 11) is 0. The van der Waals surface area contributed by atoms with Gasteiger partial charge in [-0.15, -0.1) is 0 Å². The number of hydrogen-bond acceptors (Lipinski definition) is 4. The van der Waals surface area contributed by atoms with Gasteiger partial charge in [0.1, 0.15) is 5.82 Å². The van der Waals surface area contributed by atoms with Gasteiger partial charge < -0.3 is 15.4 Å². The molecule has 0 aliphatic rings. The second-order valence-electron chi connectivity index (χ2n) is 2.73. The fourth-order valence-electron chi connectivity index (χ4n) is 0.933. The van der Waals surface area contributed by atoms with E-state index in [2.05, 4.69) is 15.3 Å². The smallest absolute Gasteiger partial charge is 0.252 e. The number of nitrogens with one attached hydrogen (secondary N) is 2. The van der Waals surface area contributed by atoms with Gasteiger partial charge in [-0.3, -0.25) is 4.79 Å². The zero-order valence-corrected chi connectivity index (χ0v) is 7.45. The number of anilines is 1. The quantitative estimate of drug-likeness (QED) is 0.611. The lowest BCUT2D eigenvalue weighted by atomic mass is 10.2. The van der Waals surface area contributed by atoms with Gasteiger partial charge in [-0.05, 0) is 6.42 Å². The summed E-state index contributed by atoms with van der Waals surface area (Å²) in [5.41, 5.74) is -0.203. The van der Waals surface area contributed by atoms with Crippen molar-refractivity contribution in [3.63, 3.8) is 0 Å². The number of aromatic nitrogens is 2. The fraction of sp³-hybridized carbons (Fsp3) is 0.500. The predicted octanol–water partition coefficient (Wildman–Crippen LogP) is -0.0473. The number of hydrogen-bond donors (Lipinski definition) is 3. The standard InChI is InChI=1S/C8H13N3O2/c1-2-6(4-12)11-7-3-8(13)10-5-9-7/h3,5-6,12H,2,4H2,1H3,(H2,9,10,11,13). The van der Waals surface area contributed by atoms with Crippen molar-refractivity contribution in [2.24, 2.45) is 0 Å². The Hall–Kier alpha value is -1.36. The molecule has 1 unspecified atom stereocenters. The Kier molecular flexibility index (Phi) is 3.45. The van der Waals surface area contributed by atoms with Crippen LogP contribution in [0.3, 0.4) is 0 Å². The summed E-state index contributed by atoms with van der Waals surface area (Å²) in [6.07, 6.45) is 2.11. The largest absolute Gasteiger partial charge is 0.394 e. The number of aliphatic hydroxyl groups excluding tert-OH is 1. The first-order valence-electron chi connectivity index (χ1n) is 4.18. The van der Waals surface area contributed by atoms with Gasteiger partial charge in [-0.2, -0.15) is 0 Å². The maximum absolute atomic E-state index is 10.9. The van der Waals surface area contributed by atoms with Crippen LogP contribution in [0.5, 0.6) is 0 Å². The molecule has 13 heavy (non-hydrogen) atoms. The van der Waals surface area contributed by atoms with Gasteiger partial charge in [0.15, 0.2) is 0 Å². The molecule has 0 aromatic carbocycles. The molecule has 1 aromatic heterocycles. The Balaban J connectivity index is 2.68. The number of rotatable bonds is 4. The minimum Gasteiger partial charge on any atom is -0.394 e. The lowest BCUT2D eigenvalue weighted by molar-refractivity contribution is 0.271. The summed E-state index contributed by atoms with van der Waals surface area (Å²) in [5.74, 6) is 0.490. The molecule has 0 spiro atoms. The van der Waals surface area contributed by atoms with Crippen LogP contribution in [0.4, 0.5) is 5.82 Å². The lowest BCUT2D eigenvalue weighted by Crippen LogP contribution is -2.24. The molecule has 0 radical (unpaired) electrons. The van der Waals surface area contributed by atoms with Crippen molar-refractivity contribution in [3.05, 3.63) is 22.7 Å². The van der Waals surface area contributed by atoms with Gasteiger partial charge in [0.05, 0.1) is 19.0 Å². The molecular weight excluding hydrogens is 170 g/mol. The highest BCUT2D eigenvalue weighted by atomic mass is 16.3. The zero-order chi connectivity index (χ0) is 9.68. The lowest BCUT2D eigenvalue weighted by Gasteiger charge is -2.13. The molecule has 5 heteroatoms. The average molecular weight is 183 g/mol. The van der Waals surface area contributed by atoms with Crippen molar-refractivity contribution in [1.29, 1.82) is 0 Å². The molecule has 1 aromatic rings. The van der Waals surface area contributed by atoms with Crippen LogP contribution >= 0.6 is 0 Å². The molecule has 0 aliphatic carbocycles. The van der Waals surface area contributed by atoms with Crippen LogP contribution in [0.15, 0.2) is 17.2 Å².